The first-order chi connectivity index (χ1) is 16.4. The van der Waals surface area contributed by atoms with Crippen LogP contribution in [0.3, 0.4) is 0 Å². The summed E-state index contributed by atoms with van der Waals surface area (Å²) in [6.07, 6.45) is 17.6. The maximum Gasteiger partial charge on any atom is 0.190 e. The van der Waals surface area contributed by atoms with Crippen molar-refractivity contribution in [3.8, 4) is 0 Å². The van der Waals surface area contributed by atoms with Crippen LogP contribution in [0.25, 0.3) is 0 Å². The van der Waals surface area contributed by atoms with E-state index >= 15 is 0 Å². The van der Waals surface area contributed by atoms with Gasteiger partial charge in [0, 0.05) is 12.2 Å². The predicted molar refractivity (Wildman–Crippen MR) is 156 cm³/mol. The van der Waals surface area contributed by atoms with Crippen LogP contribution >= 0.6 is 0 Å². The van der Waals surface area contributed by atoms with Gasteiger partial charge in [0.1, 0.15) is 0 Å². The predicted octanol–water partition coefficient (Wildman–Crippen LogP) is 9.22. The highest BCUT2D eigenvalue weighted by molar-refractivity contribution is 6.72. The van der Waals surface area contributed by atoms with Gasteiger partial charge in [-0.1, -0.05) is 26.0 Å². The summed E-state index contributed by atoms with van der Waals surface area (Å²) in [7, 11) is -3.26. The number of fused-ring (bicyclic) bond motifs is 5. The van der Waals surface area contributed by atoms with Gasteiger partial charge in [-0.05, 0) is 143 Å². The van der Waals surface area contributed by atoms with E-state index in [0.717, 1.165) is 41.7 Å². The number of rotatable bonds is 9. The summed E-state index contributed by atoms with van der Waals surface area (Å²) in [5.41, 5.74) is 1.01. The van der Waals surface area contributed by atoms with E-state index in [0.29, 0.717) is 23.0 Å². The summed E-state index contributed by atoms with van der Waals surface area (Å²) in [4.78, 5) is 0. The Hall–Kier alpha value is -0.166. The topological polar surface area (TPSA) is 18.5 Å². The van der Waals surface area contributed by atoms with E-state index in [1.807, 2.05) is 0 Å². The summed E-state index contributed by atoms with van der Waals surface area (Å²) in [6.45, 7) is 25.2. The minimum absolute atomic E-state index is 0.394. The van der Waals surface area contributed by atoms with Gasteiger partial charge in [-0.3, -0.25) is 0 Å². The van der Waals surface area contributed by atoms with E-state index in [-0.39, 0.29) is 0 Å². The molecular weight excluding hydrogens is 461 g/mol. The average molecular weight is 517 g/mol. The van der Waals surface area contributed by atoms with Crippen molar-refractivity contribution >= 4 is 16.6 Å². The van der Waals surface area contributed by atoms with Crippen molar-refractivity contribution in [2.45, 2.75) is 129 Å². The van der Waals surface area contributed by atoms with Crippen LogP contribution < -0.4 is 0 Å². The molecule has 9 unspecified atom stereocenters. The summed E-state index contributed by atoms with van der Waals surface area (Å²) in [6, 6.07) is 2.14. The molecule has 2 nitrogen and oxygen atoms in total. The van der Waals surface area contributed by atoms with Crippen molar-refractivity contribution in [3.63, 3.8) is 0 Å². The molecule has 0 radical (unpaired) electrons. The second-order valence-electron chi connectivity index (χ2n) is 14.7. The Labute approximate surface area is 220 Å². The Bertz CT molecular complexity index is 778. The summed E-state index contributed by atoms with van der Waals surface area (Å²) in [5.74, 6) is 4.38. The summed E-state index contributed by atoms with van der Waals surface area (Å²) in [5, 5.41) is 0. The number of hydrogen-bond donors (Lipinski definition) is 0. The van der Waals surface area contributed by atoms with Gasteiger partial charge in [-0.2, -0.15) is 0 Å². The van der Waals surface area contributed by atoms with Crippen LogP contribution in [0, 0.1) is 40.4 Å². The molecule has 0 aromatic heterocycles. The molecule has 4 rings (SSSR count). The largest absolute Gasteiger partial charge is 0.414 e. The van der Waals surface area contributed by atoms with Gasteiger partial charge in [0.05, 0.1) is 0 Å². The zero-order chi connectivity index (χ0) is 25.6. The van der Waals surface area contributed by atoms with E-state index in [4.69, 9.17) is 8.85 Å². The molecule has 0 N–H and O–H groups in total. The molecule has 200 valence electrons. The fourth-order valence-corrected chi connectivity index (χ4v) is 13.8. The van der Waals surface area contributed by atoms with Crippen molar-refractivity contribution in [2.75, 3.05) is 0 Å². The SMILES string of the molecule is C=CC[Si](C)(C)OC1CCC2(C)C(CCC3C2CCC2(C)C(C(C)O[Si](C)(C)CC=C)CCC32)C1. The maximum absolute atomic E-state index is 6.84. The van der Waals surface area contributed by atoms with Crippen LogP contribution in [-0.2, 0) is 8.85 Å². The molecule has 4 saturated carbocycles. The lowest BCUT2D eigenvalue weighted by Crippen LogP contribution is -2.55. The summed E-state index contributed by atoms with van der Waals surface area (Å²) >= 11 is 0. The van der Waals surface area contributed by atoms with E-state index in [1.54, 1.807) is 0 Å². The van der Waals surface area contributed by atoms with Crippen LogP contribution in [0.4, 0.5) is 0 Å². The molecule has 0 amide bonds. The zero-order valence-electron chi connectivity index (χ0n) is 24.2. The number of hydrogen-bond acceptors (Lipinski definition) is 2. The third-order valence-corrected chi connectivity index (χ3v) is 16.0. The molecule has 0 spiro atoms. The van der Waals surface area contributed by atoms with Crippen molar-refractivity contribution < 1.29 is 8.85 Å². The van der Waals surface area contributed by atoms with E-state index in [9.17, 15) is 0 Å². The molecule has 35 heavy (non-hydrogen) atoms. The van der Waals surface area contributed by atoms with Gasteiger partial charge < -0.3 is 8.85 Å². The Morgan fingerprint density at radius 3 is 2.14 bits per heavy atom. The average Bonchev–Trinajstić information content (AvgIpc) is 3.10. The molecule has 0 heterocycles. The highest BCUT2D eigenvalue weighted by atomic mass is 28.4. The minimum Gasteiger partial charge on any atom is -0.414 e. The van der Waals surface area contributed by atoms with Crippen molar-refractivity contribution in [1.82, 2.24) is 0 Å². The van der Waals surface area contributed by atoms with Crippen LogP contribution in [0.5, 0.6) is 0 Å². The monoisotopic (exact) mass is 516 g/mol. The first-order valence-electron chi connectivity index (χ1n) is 14.9. The molecule has 4 fully saturated rings. The molecular formula is C31H56O2Si2. The lowest BCUT2D eigenvalue weighted by Gasteiger charge is -2.61. The normalized spacial score (nSPS) is 42.5. The van der Waals surface area contributed by atoms with Crippen molar-refractivity contribution in [2.24, 2.45) is 40.4 Å². The van der Waals surface area contributed by atoms with E-state index in [2.05, 4.69) is 72.3 Å². The summed E-state index contributed by atoms with van der Waals surface area (Å²) < 4.78 is 13.6. The Kier molecular flexibility index (Phi) is 8.11. The molecule has 4 aliphatic carbocycles. The molecule has 4 heteroatoms. The van der Waals surface area contributed by atoms with Crippen LogP contribution in [0.1, 0.15) is 78.6 Å². The van der Waals surface area contributed by atoms with Gasteiger partial charge in [0.25, 0.3) is 0 Å². The first-order valence-corrected chi connectivity index (χ1v) is 21.2. The van der Waals surface area contributed by atoms with E-state index in [1.165, 1.54) is 57.8 Å². The second-order valence-corrected chi connectivity index (χ2v) is 23.1. The third kappa shape index (κ3) is 5.38. The van der Waals surface area contributed by atoms with Gasteiger partial charge >= 0.3 is 0 Å². The molecule has 9 atom stereocenters. The Morgan fingerprint density at radius 2 is 1.46 bits per heavy atom. The Balaban J connectivity index is 1.44. The smallest absolute Gasteiger partial charge is 0.190 e. The lowest BCUT2D eigenvalue weighted by atomic mass is 9.44. The van der Waals surface area contributed by atoms with Gasteiger partial charge in [0.15, 0.2) is 16.6 Å². The minimum atomic E-state index is -1.65. The zero-order valence-corrected chi connectivity index (χ0v) is 26.2. The lowest BCUT2D eigenvalue weighted by molar-refractivity contribution is -0.129. The molecule has 0 aromatic carbocycles. The molecule has 0 bridgehead atoms. The van der Waals surface area contributed by atoms with Gasteiger partial charge in [-0.25, -0.2) is 0 Å². The maximum atomic E-state index is 6.84. The highest BCUT2D eigenvalue weighted by Gasteiger charge is 2.61. The van der Waals surface area contributed by atoms with E-state index < -0.39 is 16.6 Å². The van der Waals surface area contributed by atoms with Crippen LogP contribution in [0.15, 0.2) is 25.3 Å². The highest BCUT2D eigenvalue weighted by Crippen LogP contribution is 2.68. The van der Waals surface area contributed by atoms with Crippen molar-refractivity contribution in [1.29, 1.82) is 0 Å². The standard InChI is InChI=1S/C31H56O2Si2/c1-10-20-34(6,7)32-23(3)27-14-15-28-26-13-12-24-22-25(33-35(8,9)21-11-2)16-18-30(24,4)29(26)17-19-31(27,28)5/h10-11,23-29H,1-2,12-22H2,3-9H3. The molecule has 0 aliphatic heterocycles. The molecule has 4 aliphatic rings. The van der Waals surface area contributed by atoms with Crippen LogP contribution in [-0.4, -0.2) is 28.8 Å². The number of allylic oxidation sites excluding steroid dienone is 2. The molecule has 0 saturated heterocycles. The fourth-order valence-electron chi connectivity index (χ4n) is 9.97. The quantitative estimate of drug-likeness (QED) is 0.224. The second kappa shape index (κ2) is 10.2. The fraction of sp³-hybridized carbons (Fsp3) is 0.871. The first kappa shape index (κ1) is 27.9. The van der Waals surface area contributed by atoms with Gasteiger partial charge in [-0.15, -0.1) is 13.2 Å². The van der Waals surface area contributed by atoms with Gasteiger partial charge in [0.2, 0.25) is 0 Å². The molecule has 0 aromatic rings. The third-order valence-electron chi connectivity index (χ3n) is 11.5. The van der Waals surface area contributed by atoms with Crippen molar-refractivity contribution in [3.05, 3.63) is 25.3 Å². The Morgan fingerprint density at radius 1 is 0.829 bits per heavy atom. The van der Waals surface area contributed by atoms with Crippen LogP contribution in [0.2, 0.25) is 38.3 Å².